The highest BCUT2D eigenvalue weighted by Gasteiger charge is 2.35. The van der Waals surface area contributed by atoms with Crippen molar-refractivity contribution < 1.29 is 14.4 Å². The van der Waals surface area contributed by atoms with E-state index in [1.807, 2.05) is 69.3 Å². The van der Waals surface area contributed by atoms with Crippen LogP contribution in [-0.2, 0) is 9.59 Å². The molecule has 0 aromatic heterocycles. The summed E-state index contributed by atoms with van der Waals surface area (Å²) in [6.45, 7) is 5.28. The van der Waals surface area contributed by atoms with E-state index in [2.05, 4.69) is 10.6 Å². The molecule has 4 rings (SSSR count). The van der Waals surface area contributed by atoms with Gasteiger partial charge in [-0.05, 0) is 24.3 Å². The van der Waals surface area contributed by atoms with Crippen molar-refractivity contribution in [1.29, 1.82) is 0 Å². The van der Waals surface area contributed by atoms with Crippen LogP contribution in [-0.4, -0.2) is 36.1 Å². The van der Waals surface area contributed by atoms with E-state index < -0.39 is 23.5 Å². The Morgan fingerprint density at radius 1 is 0.972 bits per heavy atom. The Hall–Kier alpha value is -4.46. The first-order valence-corrected chi connectivity index (χ1v) is 11.6. The van der Waals surface area contributed by atoms with Crippen LogP contribution in [0.4, 0.5) is 21.9 Å². The van der Waals surface area contributed by atoms with Gasteiger partial charge in [0.15, 0.2) is 5.78 Å². The predicted molar refractivity (Wildman–Crippen MR) is 142 cm³/mol. The van der Waals surface area contributed by atoms with E-state index in [0.717, 1.165) is 5.56 Å². The minimum atomic E-state index is -1.26. The third-order valence-electron chi connectivity index (χ3n) is 5.81. The highest BCUT2D eigenvalue weighted by atomic mass is 16.2. The zero-order chi connectivity index (χ0) is 25.9. The lowest BCUT2D eigenvalue weighted by Gasteiger charge is -2.28. The molecule has 0 spiro atoms. The van der Waals surface area contributed by atoms with E-state index >= 15 is 0 Å². The molecule has 8 heteroatoms. The number of nitrogens with zero attached hydrogens (tertiary/aromatic N) is 2. The Labute approximate surface area is 210 Å². The molecular weight excluding hydrogens is 454 g/mol. The van der Waals surface area contributed by atoms with E-state index in [1.165, 1.54) is 4.90 Å². The average molecular weight is 484 g/mol. The average Bonchev–Trinajstić information content (AvgIpc) is 2.94. The van der Waals surface area contributed by atoms with Gasteiger partial charge in [-0.15, -0.1) is 0 Å². The van der Waals surface area contributed by atoms with Crippen molar-refractivity contribution in [3.63, 3.8) is 0 Å². The van der Waals surface area contributed by atoms with Crippen molar-refractivity contribution in [3.8, 4) is 0 Å². The number of urea groups is 1. The molecule has 36 heavy (non-hydrogen) atoms. The maximum Gasteiger partial charge on any atom is 0.321 e. The predicted octanol–water partition coefficient (Wildman–Crippen LogP) is 4.22. The second-order valence-corrected chi connectivity index (χ2v) is 9.58. The lowest BCUT2D eigenvalue weighted by atomic mass is 9.90. The zero-order valence-corrected chi connectivity index (χ0v) is 20.5. The fraction of sp³-hybridized carbons (Fsp3) is 0.214. The largest absolute Gasteiger partial charge is 0.399 e. The van der Waals surface area contributed by atoms with Crippen LogP contribution in [0.15, 0.2) is 83.9 Å². The lowest BCUT2D eigenvalue weighted by Crippen LogP contribution is -2.50. The van der Waals surface area contributed by atoms with Gasteiger partial charge in [0.25, 0.3) is 5.91 Å². The summed E-state index contributed by atoms with van der Waals surface area (Å²) in [5.41, 5.74) is 8.69. The number of aliphatic imine (C=N–C) groups is 1. The SMILES string of the molecule is CC(C)(C)C(=O)CN1C(=O)[C@H](NC(=O)Nc2cccc(N)c2)N=C(c2ccccc2)c2ccccc21. The molecule has 3 aromatic rings. The Morgan fingerprint density at radius 3 is 2.36 bits per heavy atom. The number of carbonyl (C=O) groups is 3. The van der Waals surface area contributed by atoms with Crippen LogP contribution in [0.1, 0.15) is 31.9 Å². The third-order valence-corrected chi connectivity index (χ3v) is 5.81. The van der Waals surface area contributed by atoms with Crippen LogP contribution in [0.25, 0.3) is 0 Å². The number of ketones is 1. The number of amides is 3. The molecule has 0 aliphatic carbocycles. The maximum atomic E-state index is 13.8. The number of hydrogen-bond donors (Lipinski definition) is 3. The zero-order valence-electron chi connectivity index (χ0n) is 20.5. The summed E-state index contributed by atoms with van der Waals surface area (Å²) in [6, 6.07) is 22.8. The number of nitrogens with two attached hydrogens (primary N) is 1. The number of carbonyl (C=O) groups excluding carboxylic acids is 3. The van der Waals surface area contributed by atoms with Crippen molar-refractivity contribution in [2.24, 2.45) is 10.4 Å². The van der Waals surface area contributed by atoms with Crippen molar-refractivity contribution in [1.82, 2.24) is 5.32 Å². The van der Waals surface area contributed by atoms with Gasteiger partial charge in [-0.25, -0.2) is 9.79 Å². The molecule has 1 aliphatic rings. The van der Waals surface area contributed by atoms with Gasteiger partial charge in [0.05, 0.1) is 17.9 Å². The Balaban J connectivity index is 1.75. The summed E-state index contributed by atoms with van der Waals surface area (Å²) < 4.78 is 0. The molecule has 4 N–H and O–H groups in total. The fourth-order valence-electron chi connectivity index (χ4n) is 3.80. The van der Waals surface area contributed by atoms with Crippen molar-refractivity contribution in [2.75, 3.05) is 22.5 Å². The molecule has 1 aliphatic heterocycles. The molecule has 1 atom stereocenters. The second-order valence-electron chi connectivity index (χ2n) is 9.58. The number of rotatable bonds is 5. The van der Waals surface area contributed by atoms with Crippen LogP contribution in [0.3, 0.4) is 0 Å². The maximum absolute atomic E-state index is 13.8. The molecule has 0 saturated carbocycles. The minimum Gasteiger partial charge on any atom is -0.399 e. The minimum absolute atomic E-state index is 0.114. The smallest absolute Gasteiger partial charge is 0.321 e. The van der Waals surface area contributed by atoms with Gasteiger partial charge in [0.1, 0.15) is 0 Å². The normalized spacial score (nSPS) is 15.4. The number of benzene rings is 3. The highest BCUT2D eigenvalue weighted by Crippen LogP contribution is 2.29. The van der Waals surface area contributed by atoms with Crippen LogP contribution in [0.2, 0.25) is 0 Å². The molecule has 0 bridgehead atoms. The Morgan fingerprint density at radius 2 is 1.67 bits per heavy atom. The summed E-state index contributed by atoms with van der Waals surface area (Å²) in [5, 5.41) is 5.36. The standard InChI is InChI=1S/C28H29N5O3/c1-28(2,3)23(34)17-33-22-15-8-7-14-21(22)24(18-10-5-4-6-11-18)31-25(26(33)35)32-27(36)30-20-13-9-12-19(29)16-20/h4-16,25H,17,29H2,1-3H3,(H2,30,32,36)/t25-/m0/s1. The number of anilines is 3. The first-order valence-electron chi connectivity index (χ1n) is 11.6. The summed E-state index contributed by atoms with van der Waals surface area (Å²) in [4.78, 5) is 45.8. The van der Waals surface area contributed by atoms with Crippen LogP contribution in [0.5, 0.6) is 0 Å². The number of Topliss-reactive ketones (excluding diaryl/α,β-unsaturated/α-hetero) is 1. The van der Waals surface area contributed by atoms with E-state index in [-0.39, 0.29) is 12.3 Å². The highest BCUT2D eigenvalue weighted by molar-refractivity contribution is 6.21. The second kappa shape index (κ2) is 10.0. The van der Waals surface area contributed by atoms with Crippen LogP contribution in [0, 0.1) is 5.41 Å². The quantitative estimate of drug-likeness (QED) is 0.471. The van der Waals surface area contributed by atoms with E-state index in [9.17, 15) is 14.4 Å². The molecule has 0 saturated heterocycles. The van der Waals surface area contributed by atoms with Gasteiger partial charge in [0.2, 0.25) is 6.17 Å². The number of benzodiazepines with no additional fused rings is 1. The van der Waals surface area contributed by atoms with Gasteiger partial charge in [-0.1, -0.05) is 75.4 Å². The third kappa shape index (κ3) is 5.43. The van der Waals surface area contributed by atoms with Crippen LogP contribution >= 0.6 is 0 Å². The molecule has 0 radical (unpaired) electrons. The summed E-state index contributed by atoms with van der Waals surface area (Å²) >= 11 is 0. The molecule has 184 valence electrons. The number of hydrogen-bond acceptors (Lipinski definition) is 5. The molecule has 0 unspecified atom stereocenters. The van der Waals surface area contributed by atoms with E-state index in [4.69, 9.17) is 10.7 Å². The number of para-hydroxylation sites is 1. The molecule has 1 heterocycles. The summed E-state index contributed by atoms with van der Waals surface area (Å²) in [7, 11) is 0. The van der Waals surface area contributed by atoms with E-state index in [0.29, 0.717) is 28.3 Å². The van der Waals surface area contributed by atoms with Gasteiger partial charge in [-0.3, -0.25) is 9.59 Å². The van der Waals surface area contributed by atoms with Crippen molar-refractivity contribution in [2.45, 2.75) is 26.9 Å². The first-order chi connectivity index (χ1) is 17.1. The molecule has 3 amide bonds. The molecule has 8 nitrogen and oxygen atoms in total. The molecule has 0 fully saturated rings. The number of nitrogen functional groups attached to an aromatic ring is 1. The van der Waals surface area contributed by atoms with Crippen molar-refractivity contribution >= 4 is 40.5 Å². The summed E-state index contributed by atoms with van der Waals surface area (Å²) in [5.74, 6) is -0.620. The van der Waals surface area contributed by atoms with Crippen molar-refractivity contribution in [3.05, 3.63) is 90.0 Å². The topological polar surface area (TPSA) is 117 Å². The van der Waals surface area contributed by atoms with Gasteiger partial charge in [-0.2, -0.15) is 0 Å². The van der Waals surface area contributed by atoms with Gasteiger partial charge in [0, 0.05) is 27.9 Å². The molecule has 3 aromatic carbocycles. The Kier molecular flexibility index (Phi) is 6.87. The van der Waals surface area contributed by atoms with E-state index in [1.54, 1.807) is 30.3 Å². The van der Waals surface area contributed by atoms with Gasteiger partial charge >= 0.3 is 6.03 Å². The Bertz CT molecular complexity index is 1330. The number of fused-ring (bicyclic) bond motifs is 1. The summed E-state index contributed by atoms with van der Waals surface area (Å²) in [6.07, 6.45) is -1.26. The first kappa shape index (κ1) is 24.7. The van der Waals surface area contributed by atoms with Crippen LogP contribution < -0.4 is 21.3 Å². The lowest BCUT2D eigenvalue weighted by molar-refractivity contribution is -0.127. The van der Waals surface area contributed by atoms with Gasteiger partial charge < -0.3 is 21.3 Å². The molecular formula is C28H29N5O3. The monoisotopic (exact) mass is 483 g/mol. The fourth-order valence-corrected chi connectivity index (χ4v) is 3.80. The number of nitrogens with one attached hydrogen (secondary N) is 2.